The average Bonchev–Trinajstić information content (AvgIpc) is 2.96. The average molecular weight is 300 g/mol. The lowest BCUT2D eigenvalue weighted by atomic mass is 10.3. The lowest BCUT2D eigenvalue weighted by Crippen LogP contribution is -2.35. The summed E-state index contributed by atoms with van der Waals surface area (Å²) in [6.45, 7) is 0.583. The molecular weight excluding hydrogens is 284 g/mol. The highest BCUT2D eigenvalue weighted by Crippen LogP contribution is 2.17. The molecule has 116 valence electrons. The summed E-state index contributed by atoms with van der Waals surface area (Å²) >= 11 is 0. The zero-order valence-electron chi connectivity index (χ0n) is 11.7. The molecule has 0 bridgehead atoms. The van der Waals surface area contributed by atoms with Crippen LogP contribution in [-0.4, -0.2) is 55.6 Å². The Balaban J connectivity index is 2.77. The van der Waals surface area contributed by atoms with Crippen molar-refractivity contribution >= 4 is 17.8 Å². The molecule has 1 aromatic heterocycles. The Kier molecular flexibility index (Phi) is 6.34. The molecule has 0 radical (unpaired) electrons. The van der Waals surface area contributed by atoms with Crippen LogP contribution >= 0.6 is 0 Å². The van der Waals surface area contributed by atoms with Crippen molar-refractivity contribution in [3.63, 3.8) is 0 Å². The van der Waals surface area contributed by atoms with Crippen molar-refractivity contribution in [1.82, 2.24) is 4.90 Å². The van der Waals surface area contributed by atoms with E-state index in [1.807, 2.05) is 0 Å². The van der Waals surface area contributed by atoms with Crippen LogP contribution in [0.25, 0.3) is 0 Å². The summed E-state index contributed by atoms with van der Waals surface area (Å²) in [4.78, 5) is 34.4. The fraction of sp³-hybridized carbons (Fsp3) is 0.500. The quantitative estimate of drug-likeness (QED) is 0.397. The fourth-order valence-corrected chi connectivity index (χ4v) is 1.54. The molecule has 0 atom stereocenters. The van der Waals surface area contributed by atoms with Gasteiger partial charge in [0.2, 0.25) is 0 Å². The van der Waals surface area contributed by atoms with Crippen molar-refractivity contribution in [2.24, 2.45) is 0 Å². The van der Waals surface area contributed by atoms with Gasteiger partial charge in [0.05, 0.1) is 26.2 Å². The van der Waals surface area contributed by atoms with Gasteiger partial charge in [-0.1, -0.05) is 0 Å². The number of carbonyl (C=O) groups excluding carboxylic acids is 2. The molecule has 0 unspecified atom stereocenters. The molecule has 0 N–H and O–H groups in total. The van der Waals surface area contributed by atoms with Crippen molar-refractivity contribution in [1.29, 1.82) is 0 Å². The number of rotatable bonds is 8. The number of esters is 1. The Hall–Kier alpha value is -2.42. The largest absolute Gasteiger partial charge is 0.469 e. The van der Waals surface area contributed by atoms with E-state index < -0.39 is 22.7 Å². The third-order valence-corrected chi connectivity index (χ3v) is 2.65. The van der Waals surface area contributed by atoms with Crippen LogP contribution in [-0.2, 0) is 14.3 Å². The SMILES string of the molecule is COCCN(CCC(=O)OC)C(=O)c1ccc([N+](=O)[O-])o1. The van der Waals surface area contributed by atoms with Crippen LogP contribution in [0.2, 0.25) is 0 Å². The van der Waals surface area contributed by atoms with Gasteiger partial charge in [0.25, 0.3) is 5.91 Å². The lowest BCUT2D eigenvalue weighted by Gasteiger charge is -2.20. The Bertz CT molecular complexity index is 511. The van der Waals surface area contributed by atoms with Gasteiger partial charge in [0, 0.05) is 20.2 Å². The van der Waals surface area contributed by atoms with Gasteiger partial charge in [-0.25, -0.2) is 0 Å². The summed E-state index contributed by atoms with van der Waals surface area (Å²) in [7, 11) is 2.72. The van der Waals surface area contributed by atoms with E-state index in [1.165, 1.54) is 25.2 Å². The third-order valence-electron chi connectivity index (χ3n) is 2.65. The minimum Gasteiger partial charge on any atom is -0.469 e. The van der Waals surface area contributed by atoms with E-state index in [2.05, 4.69) is 4.74 Å². The summed E-state index contributed by atoms with van der Waals surface area (Å²) in [5.74, 6) is -1.69. The lowest BCUT2D eigenvalue weighted by molar-refractivity contribution is -0.402. The summed E-state index contributed by atoms with van der Waals surface area (Å²) in [6.07, 6.45) is 0.00869. The smallest absolute Gasteiger partial charge is 0.433 e. The van der Waals surface area contributed by atoms with Crippen LogP contribution in [0.3, 0.4) is 0 Å². The van der Waals surface area contributed by atoms with Gasteiger partial charge in [0.15, 0.2) is 5.76 Å². The van der Waals surface area contributed by atoms with Crippen molar-refractivity contribution in [2.75, 3.05) is 33.9 Å². The van der Waals surface area contributed by atoms with Gasteiger partial charge in [-0.05, 0) is 6.07 Å². The number of hydrogen-bond donors (Lipinski definition) is 0. The molecule has 0 saturated heterocycles. The highest BCUT2D eigenvalue weighted by atomic mass is 16.6. The first-order chi connectivity index (χ1) is 9.99. The molecule has 21 heavy (non-hydrogen) atoms. The van der Waals surface area contributed by atoms with Crippen molar-refractivity contribution in [3.05, 3.63) is 28.0 Å². The Morgan fingerprint density at radius 3 is 2.57 bits per heavy atom. The normalized spacial score (nSPS) is 10.2. The van der Waals surface area contributed by atoms with Gasteiger partial charge >= 0.3 is 11.9 Å². The zero-order chi connectivity index (χ0) is 15.8. The molecule has 1 amide bonds. The zero-order valence-corrected chi connectivity index (χ0v) is 11.7. The summed E-state index contributed by atoms with van der Waals surface area (Å²) in [5, 5.41) is 10.5. The van der Waals surface area contributed by atoms with E-state index in [-0.39, 0.29) is 31.9 Å². The Morgan fingerprint density at radius 1 is 1.33 bits per heavy atom. The van der Waals surface area contributed by atoms with E-state index in [0.29, 0.717) is 0 Å². The van der Waals surface area contributed by atoms with E-state index in [4.69, 9.17) is 9.15 Å². The topological polar surface area (TPSA) is 112 Å². The van der Waals surface area contributed by atoms with Crippen LogP contribution in [0.4, 0.5) is 5.88 Å². The molecule has 0 aliphatic carbocycles. The maximum atomic E-state index is 12.2. The molecule has 1 rings (SSSR count). The highest BCUT2D eigenvalue weighted by molar-refractivity contribution is 5.92. The molecule has 0 spiro atoms. The number of carbonyl (C=O) groups is 2. The van der Waals surface area contributed by atoms with E-state index in [9.17, 15) is 19.7 Å². The number of nitrogens with zero attached hydrogens (tertiary/aromatic N) is 2. The molecule has 9 nitrogen and oxygen atoms in total. The fourth-order valence-electron chi connectivity index (χ4n) is 1.54. The number of ether oxygens (including phenoxy) is 2. The van der Waals surface area contributed by atoms with Crippen LogP contribution in [0.15, 0.2) is 16.5 Å². The first-order valence-corrected chi connectivity index (χ1v) is 6.08. The second kappa shape index (κ2) is 8.00. The molecule has 1 aromatic rings. The maximum Gasteiger partial charge on any atom is 0.433 e. The number of methoxy groups -OCH3 is 2. The maximum absolute atomic E-state index is 12.2. The molecule has 0 fully saturated rings. The first kappa shape index (κ1) is 16.6. The second-order valence-corrected chi connectivity index (χ2v) is 4.01. The van der Waals surface area contributed by atoms with E-state index >= 15 is 0 Å². The van der Waals surface area contributed by atoms with Crippen molar-refractivity contribution < 1.29 is 28.4 Å². The molecule has 0 aliphatic rings. The van der Waals surface area contributed by atoms with Gasteiger partial charge in [-0.2, -0.15) is 0 Å². The van der Waals surface area contributed by atoms with E-state index in [0.717, 1.165) is 6.07 Å². The minimum absolute atomic E-state index is 0.00869. The van der Waals surface area contributed by atoms with Crippen LogP contribution in [0.5, 0.6) is 0 Å². The Morgan fingerprint density at radius 2 is 2.05 bits per heavy atom. The monoisotopic (exact) mass is 300 g/mol. The first-order valence-electron chi connectivity index (χ1n) is 6.08. The predicted molar refractivity (Wildman–Crippen MR) is 69.8 cm³/mol. The number of amides is 1. The number of nitro groups is 1. The van der Waals surface area contributed by atoms with Crippen LogP contribution in [0, 0.1) is 10.1 Å². The van der Waals surface area contributed by atoms with Gasteiger partial charge < -0.3 is 18.8 Å². The molecular formula is C12H16N2O7. The second-order valence-electron chi connectivity index (χ2n) is 4.01. The van der Waals surface area contributed by atoms with Gasteiger partial charge in [-0.15, -0.1) is 0 Å². The minimum atomic E-state index is -0.731. The van der Waals surface area contributed by atoms with Gasteiger partial charge in [-0.3, -0.25) is 19.7 Å². The van der Waals surface area contributed by atoms with Crippen molar-refractivity contribution in [2.45, 2.75) is 6.42 Å². The highest BCUT2D eigenvalue weighted by Gasteiger charge is 2.23. The molecule has 0 aromatic carbocycles. The molecule has 0 saturated carbocycles. The number of furan rings is 1. The standard InChI is InChI=1S/C12H16N2O7/c1-19-8-7-13(6-5-11(15)20-2)12(16)9-3-4-10(21-9)14(17)18/h3-4H,5-8H2,1-2H3. The van der Waals surface area contributed by atoms with E-state index in [1.54, 1.807) is 0 Å². The van der Waals surface area contributed by atoms with Crippen molar-refractivity contribution in [3.8, 4) is 0 Å². The predicted octanol–water partition coefficient (Wildman–Crippen LogP) is 0.839. The Labute approximate surface area is 120 Å². The molecule has 0 aliphatic heterocycles. The van der Waals surface area contributed by atoms with Gasteiger partial charge in [0.1, 0.15) is 4.92 Å². The molecule has 1 heterocycles. The summed E-state index contributed by atoms with van der Waals surface area (Å²) in [6, 6.07) is 2.32. The molecule has 9 heteroatoms. The number of hydrogen-bond acceptors (Lipinski definition) is 7. The summed E-state index contributed by atoms with van der Waals surface area (Å²) in [5.41, 5.74) is 0. The summed E-state index contributed by atoms with van der Waals surface area (Å²) < 4.78 is 14.2. The van der Waals surface area contributed by atoms with Crippen LogP contribution < -0.4 is 0 Å². The van der Waals surface area contributed by atoms with Crippen LogP contribution in [0.1, 0.15) is 17.0 Å². The third kappa shape index (κ3) is 4.88.